The van der Waals surface area contributed by atoms with E-state index in [9.17, 15) is 19.2 Å². The Morgan fingerprint density at radius 3 is 1.25 bits per heavy atom. The van der Waals surface area contributed by atoms with Gasteiger partial charge in [0.25, 0.3) is 11.8 Å². The number of hydrogen-bond acceptors (Lipinski definition) is 13. The van der Waals surface area contributed by atoms with Crippen LogP contribution >= 0.6 is 93.3 Å². The van der Waals surface area contributed by atoms with Crippen LogP contribution in [0, 0.1) is 6.92 Å². The Kier molecular flexibility index (Phi) is 12.7. The number of nitrogens with zero attached hydrogens (tertiary/aromatic N) is 3. The quantitative estimate of drug-likeness (QED) is 0.0849. The maximum atomic E-state index is 12.8. The summed E-state index contributed by atoms with van der Waals surface area (Å²) in [6.07, 6.45) is 3.55. The van der Waals surface area contributed by atoms with E-state index < -0.39 is 25.0 Å². The van der Waals surface area contributed by atoms with E-state index in [0.29, 0.717) is 9.81 Å². The molecule has 318 valence electrons. The Balaban J connectivity index is 0.906. The zero-order chi connectivity index (χ0) is 44.6. The molecule has 0 unspecified atom stereocenters. The summed E-state index contributed by atoms with van der Waals surface area (Å²) in [6, 6.07) is 42.1. The summed E-state index contributed by atoms with van der Waals surface area (Å²) in [5, 5.41) is 18.3. The molecule has 2 aliphatic heterocycles. The summed E-state index contributed by atoms with van der Waals surface area (Å²) in [5.74, 6) is -2.99. The van der Waals surface area contributed by atoms with Crippen molar-refractivity contribution in [3.05, 3.63) is 146 Å². The number of benzene rings is 3. The van der Waals surface area contributed by atoms with Crippen molar-refractivity contribution in [1.82, 2.24) is 9.80 Å². The number of rotatable bonds is 13. The lowest BCUT2D eigenvalue weighted by Gasteiger charge is -2.26. The van der Waals surface area contributed by atoms with Gasteiger partial charge in [-0.15, -0.1) is 45.3 Å². The van der Waals surface area contributed by atoms with Gasteiger partial charge in [0.05, 0.1) is 9.81 Å². The molecule has 0 bridgehead atoms. The van der Waals surface area contributed by atoms with Crippen molar-refractivity contribution < 1.29 is 29.4 Å². The highest BCUT2D eigenvalue weighted by Crippen LogP contribution is 2.44. The molecule has 0 atom stereocenters. The minimum Gasteiger partial charge on any atom is -0.480 e. The fraction of sp³-hybridized carbons (Fsp3) is 0.0638. The fourth-order valence-corrected chi connectivity index (χ4v) is 13.6. The summed E-state index contributed by atoms with van der Waals surface area (Å²) in [7, 11) is 0. The average Bonchev–Trinajstić information content (AvgIpc) is 4.15. The van der Waals surface area contributed by atoms with Gasteiger partial charge < -0.3 is 15.1 Å². The summed E-state index contributed by atoms with van der Waals surface area (Å²) in [6.45, 7) is 1.18. The molecule has 2 fully saturated rings. The first-order valence-electron chi connectivity index (χ1n) is 19.3. The summed E-state index contributed by atoms with van der Waals surface area (Å²) >= 11 is 19.2. The predicted molar refractivity (Wildman–Crippen MR) is 274 cm³/mol. The van der Waals surface area contributed by atoms with E-state index in [0.717, 1.165) is 101 Å². The molecule has 7 aromatic rings. The Morgan fingerprint density at radius 1 is 0.516 bits per heavy atom. The van der Waals surface area contributed by atoms with E-state index in [2.05, 4.69) is 109 Å². The molecule has 2 N–H and O–H groups in total. The minimum absolute atomic E-state index is 0.247. The number of amides is 2. The van der Waals surface area contributed by atoms with E-state index in [1.807, 2.05) is 24.3 Å². The number of aryl methyl sites for hydroxylation is 1. The number of carboxylic acid groups (broad SMARTS) is 2. The van der Waals surface area contributed by atoms with E-state index in [-0.39, 0.29) is 20.5 Å². The van der Waals surface area contributed by atoms with Crippen molar-refractivity contribution in [3.63, 3.8) is 0 Å². The predicted octanol–water partition coefficient (Wildman–Crippen LogP) is 13.0. The third-order valence-corrected chi connectivity index (χ3v) is 17.4. The van der Waals surface area contributed by atoms with Crippen molar-refractivity contribution in [2.24, 2.45) is 0 Å². The molecule has 0 aliphatic carbocycles. The number of thioether (sulfide) groups is 2. The van der Waals surface area contributed by atoms with Crippen molar-refractivity contribution >= 4 is 155 Å². The van der Waals surface area contributed by atoms with E-state index in [1.165, 1.54) is 5.56 Å². The zero-order valence-corrected chi connectivity index (χ0v) is 39.8. The van der Waals surface area contributed by atoms with Gasteiger partial charge in [-0.2, -0.15) is 0 Å². The number of carboxylic acids is 2. The molecule has 6 heterocycles. The number of anilines is 3. The first-order valence-corrected chi connectivity index (χ1v) is 25.0. The number of carbonyl (C=O) groups excluding carboxylic acids is 2. The number of aliphatic carboxylic acids is 2. The Labute approximate surface area is 402 Å². The number of thiophene rings is 4. The first kappa shape index (κ1) is 43.7. The molecule has 3 aromatic carbocycles. The average molecular weight is 990 g/mol. The molecule has 2 saturated heterocycles. The molecule has 0 radical (unpaired) electrons. The Hall–Kier alpha value is -5.50. The molecule has 4 aromatic heterocycles. The summed E-state index contributed by atoms with van der Waals surface area (Å²) < 4.78 is 0.495. The standard InChI is InChI=1S/C47H31N3O6S8/c1-26-2-8-29(9-3-26)50(30-10-4-27(5-11-30)34-18-20-38(61-34)36-16-14-32(59-36)22-40-44(55)48(24-42(51)52)46(57)63-40)31-12-6-28(7-13-31)35-19-21-39(62-35)37-17-15-33(60-37)23-41-45(56)49(25-43(53)54)47(58)64-41/h2-23H,24-25H2,1H3,(H,51,52)(H,53,54). The van der Waals surface area contributed by atoms with Crippen LogP contribution in [-0.2, 0) is 19.2 Å². The molecule has 17 heteroatoms. The maximum absolute atomic E-state index is 12.8. The number of carbonyl (C=O) groups is 4. The van der Waals surface area contributed by atoms with Crippen molar-refractivity contribution in [2.75, 3.05) is 18.0 Å². The third-order valence-electron chi connectivity index (χ3n) is 9.94. The second-order valence-corrected chi connectivity index (χ2v) is 22.1. The van der Waals surface area contributed by atoms with Crippen LogP contribution in [0.4, 0.5) is 17.1 Å². The van der Waals surface area contributed by atoms with E-state index >= 15 is 0 Å². The third kappa shape index (κ3) is 9.34. The molecule has 0 saturated carbocycles. The largest absolute Gasteiger partial charge is 0.480 e. The van der Waals surface area contributed by atoms with Crippen LogP contribution in [0.1, 0.15) is 15.3 Å². The second-order valence-electron chi connectivity index (χ2n) is 14.3. The SMILES string of the molecule is Cc1ccc(N(c2ccc(-c3ccc(-c4ccc(C=C5SC(=S)N(CC(=O)O)C5=O)s4)s3)cc2)c2ccc(-c3ccc(-c4ccc(C=C5SC(=S)N(CC(=O)O)C5=O)s4)s3)cc2)cc1. The lowest BCUT2D eigenvalue weighted by atomic mass is 10.1. The first-order chi connectivity index (χ1) is 30.9. The van der Waals surface area contributed by atoms with Gasteiger partial charge in [-0.05, 0) is 115 Å². The normalized spacial score (nSPS) is 15.3. The van der Waals surface area contributed by atoms with Crippen molar-refractivity contribution in [1.29, 1.82) is 0 Å². The minimum atomic E-state index is -1.11. The highest BCUT2D eigenvalue weighted by Gasteiger charge is 2.34. The van der Waals surface area contributed by atoms with Crippen LogP contribution in [0.3, 0.4) is 0 Å². The fourth-order valence-electron chi connectivity index (χ4n) is 6.87. The van der Waals surface area contributed by atoms with Gasteiger partial charge in [0.15, 0.2) is 0 Å². The smallest absolute Gasteiger partial charge is 0.323 e. The highest BCUT2D eigenvalue weighted by atomic mass is 32.2. The van der Waals surface area contributed by atoms with Gasteiger partial charge in [-0.1, -0.05) is 89.9 Å². The maximum Gasteiger partial charge on any atom is 0.323 e. The molecule has 9 nitrogen and oxygen atoms in total. The van der Waals surface area contributed by atoms with Gasteiger partial charge in [0.1, 0.15) is 21.7 Å². The monoisotopic (exact) mass is 989 g/mol. The highest BCUT2D eigenvalue weighted by molar-refractivity contribution is 8.27. The van der Waals surface area contributed by atoms with Crippen LogP contribution in [-0.4, -0.2) is 65.5 Å². The second kappa shape index (κ2) is 18.5. The van der Waals surface area contributed by atoms with E-state index in [4.69, 9.17) is 34.6 Å². The molecular weight excluding hydrogens is 959 g/mol. The van der Waals surface area contributed by atoms with Crippen LogP contribution in [0.25, 0.3) is 52.5 Å². The van der Waals surface area contributed by atoms with Gasteiger partial charge in [0, 0.05) is 56.1 Å². The van der Waals surface area contributed by atoms with Gasteiger partial charge >= 0.3 is 11.9 Å². The number of hydrogen-bond donors (Lipinski definition) is 2. The van der Waals surface area contributed by atoms with Crippen molar-refractivity contribution in [3.8, 4) is 40.4 Å². The van der Waals surface area contributed by atoms with Gasteiger partial charge in [0.2, 0.25) is 0 Å². The van der Waals surface area contributed by atoms with Crippen LogP contribution in [0.5, 0.6) is 0 Å². The van der Waals surface area contributed by atoms with Crippen molar-refractivity contribution in [2.45, 2.75) is 6.92 Å². The Morgan fingerprint density at radius 2 is 0.859 bits per heavy atom. The zero-order valence-electron chi connectivity index (χ0n) is 33.3. The topological polar surface area (TPSA) is 118 Å². The number of thiocarbonyl (C=S) groups is 2. The summed E-state index contributed by atoms with van der Waals surface area (Å²) in [5.41, 5.74) is 6.44. The molecular formula is C47H31N3O6S8. The molecule has 2 amide bonds. The summed E-state index contributed by atoms with van der Waals surface area (Å²) in [4.78, 5) is 61.6. The van der Waals surface area contributed by atoms with Gasteiger partial charge in [-0.25, -0.2) is 0 Å². The molecule has 2 aliphatic rings. The Bertz CT molecular complexity index is 2880. The lowest BCUT2D eigenvalue weighted by Crippen LogP contribution is -2.33. The van der Waals surface area contributed by atoms with Crippen LogP contribution < -0.4 is 4.90 Å². The molecule has 0 spiro atoms. The van der Waals surface area contributed by atoms with Crippen LogP contribution in [0.15, 0.2) is 131 Å². The molecule has 64 heavy (non-hydrogen) atoms. The van der Waals surface area contributed by atoms with Gasteiger partial charge in [-0.3, -0.25) is 29.0 Å². The lowest BCUT2D eigenvalue weighted by molar-refractivity contribution is -0.140. The molecule has 9 rings (SSSR count). The van der Waals surface area contributed by atoms with Crippen LogP contribution in [0.2, 0.25) is 0 Å². The van der Waals surface area contributed by atoms with E-state index in [1.54, 1.807) is 57.5 Å².